The number of aromatic nitrogens is 3. The molecule has 2 heterocycles. The average molecular weight is 495 g/mol. The molecule has 0 fully saturated rings. The van der Waals surface area contributed by atoms with Crippen LogP contribution in [0.2, 0.25) is 0 Å². The summed E-state index contributed by atoms with van der Waals surface area (Å²) in [5, 5.41) is 3.29. The van der Waals surface area contributed by atoms with Gasteiger partial charge in [-0.25, -0.2) is 9.97 Å². The molecule has 4 rings (SSSR count). The minimum absolute atomic E-state index is 0.0241. The average Bonchev–Trinajstić information content (AvgIpc) is 3.27. The predicted octanol–water partition coefficient (Wildman–Crippen LogP) is 4.68. The van der Waals surface area contributed by atoms with Gasteiger partial charge in [0.1, 0.15) is 5.75 Å². The molecule has 2 aromatic carbocycles. The van der Waals surface area contributed by atoms with Crippen molar-refractivity contribution in [1.29, 1.82) is 0 Å². The van der Waals surface area contributed by atoms with Crippen molar-refractivity contribution in [3.05, 3.63) is 72.2 Å². The maximum atomic E-state index is 12.8. The van der Waals surface area contributed by atoms with Crippen molar-refractivity contribution in [3.8, 4) is 17.0 Å². The van der Waals surface area contributed by atoms with Crippen molar-refractivity contribution in [1.82, 2.24) is 24.2 Å². The van der Waals surface area contributed by atoms with E-state index in [-0.39, 0.29) is 11.7 Å². The molecule has 2 aromatic heterocycles. The van der Waals surface area contributed by atoms with Crippen molar-refractivity contribution in [2.24, 2.45) is 0 Å². The molecular weight excluding hydrogens is 466 g/mol. The highest BCUT2D eigenvalue weighted by Gasteiger charge is 2.16. The van der Waals surface area contributed by atoms with Crippen LogP contribution in [0, 0.1) is 6.92 Å². The highest BCUT2D eigenvalue weighted by Crippen LogP contribution is 2.27. The number of ether oxygens (including phenoxy) is 1. The predicted molar refractivity (Wildman–Crippen MR) is 135 cm³/mol. The van der Waals surface area contributed by atoms with Gasteiger partial charge in [-0.3, -0.25) is 9.20 Å². The van der Waals surface area contributed by atoms with E-state index < -0.39 is 6.61 Å². The minimum atomic E-state index is -2.87. The highest BCUT2D eigenvalue weighted by molar-refractivity contribution is 5.96. The Morgan fingerprint density at radius 3 is 2.50 bits per heavy atom. The summed E-state index contributed by atoms with van der Waals surface area (Å²) in [6, 6.07) is 11.9. The number of benzene rings is 2. The number of halogens is 2. The van der Waals surface area contributed by atoms with E-state index >= 15 is 0 Å². The number of likely N-dealkylation sites (N-methyl/N-ethyl adjacent to an activating group) is 2. The van der Waals surface area contributed by atoms with Crippen LogP contribution < -0.4 is 10.1 Å². The smallest absolute Gasteiger partial charge is 0.387 e. The number of rotatable bonds is 9. The van der Waals surface area contributed by atoms with Crippen molar-refractivity contribution in [3.63, 3.8) is 0 Å². The number of fused-ring (bicyclic) bond motifs is 1. The van der Waals surface area contributed by atoms with E-state index in [9.17, 15) is 13.6 Å². The molecular formula is C26H28F2N6O2. The number of alkyl halides is 2. The van der Waals surface area contributed by atoms with Crippen LogP contribution in [0.25, 0.3) is 16.9 Å². The zero-order valence-electron chi connectivity index (χ0n) is 20.6. The molecule has 0 atom stereocenters. The topological polar surface area (TPSA) is 75.0 Å². The lowest BCUT2D eigenvalue weighted by molar-refractivity contribution is -0.0498. The van der Waals surface area contributed by atoms with Gasteiger partial charge in [-0.05, 0) is 69.0 Å². The maximum Gasteiger partial charge on any atom is 0.387 e. The molecule has 4 aromatic rings. The number of nitrogens with one attached hydrogen (secondary N) is 1. The Morgan fingerprint density at radius 2 is 1.83 bits per heavy atom. The number of carbonyl (C=O) groups is 1. The van der Waals surface area contributed by atoms with Crippen LogP contribution in [0.5, 0.6) is 5.75 Å². The summed E-state index contributed by atoms with van der Waals surface area (Å²) in [7, 11) is 5.75. The summed E-state index contributed by atoms with van der Waals surface area (Å²) in [5.41, 5.74) is 4.44. The molecule has 0 saturated heterocycles. The molecule has 36 heavy (non-hydrogen) atoms. The van der Waals surface area contributed by atoms with E-state index in [0.29, 0.717) is 23.6 Å². The monoisotopic (exact) mass is 494 g/mol. The normalized spacial score (nSPS) is 11.3. The van der Waals surface area contributed by atoms with Gasteiger partial charge >= 0.3 is 6.61 Å². The molecule has 0 aliphatic carbocycles. The van der Waals surface area contributed by atoms with Crippen molar-refractivity contribution >= 4 is 23.1 Å². The van der Waals surface area contributed by atoms with E-state index in [0.717, 1.165) is 29.1 Å². The Kier molecular flexibility index (Phi) is 7.44. The van der Waals surface area contributed by atoms with Gasteiger partial charge in [0, 0.05) is 49.3 Å². The molecule has 10 heteroatoms. The molecule has 0 aliphatic rings. The van der Waals surface area contributed by atoms with Crippen LogP contribution in [0.15, 0.2) is 61.1 Å². The summed E-state index contributed by atoms with van der Waals surface area (Å²) in [4.78, 5) is 25.5. The fraction of sp³-hybridized carbons (Fsp3) is 0.269. The number of imidazole rings is 1. The summed E-state index contributed by atoms with van der Waals surface area (Å²) in [6.07, 6.45) is 5.13. The van der Waals surface area contributed by atoms with E-state index in [4.69, 9.17) is 0 Å². The minimum Gasteiger partial charge on any atom is -0.435 e. The molecule has 0 aliphatic heterocycles. The summed E-state index contributed by atoms with van der Waals surface area (Å²) >= 11 is 0. The lowest BCUT2D eigenvalue weighted by Crippen LogP contribution is -2.33. The van der Waals surface area contributed by atoms with Crippen LogP contribution in [-0.2, 0) is 0 Å². The number of anilines is 2. The fourth-order valence-corrected chi connectivity index (χ4v) is 3.80. The number of hydrogen-bond acceptors (Lipinski definition) is 6. The number of aryl methyl sites for hydroxylation is 1. The number of hydrogen-bond donors (Lipinski definition) is 1. The maximum absolute atomic E-state index is 12.8. The lowest BCUT2D eigenvalue weighted by Gasteiger charge is -2.21. The molecule has 0 radical (unpaired) electrons. The molecule has 1 N–H and O–H groups in total. The first kappa shape index (κ1) is 25.1. The Bertz CT molecular complexity index is 1350. The van der Waals surface area contributed by atoms with Crippen LogP contribution in [-0.4, -0.2) is 70.9 Å². The van der Waals surface area contributed by atoms with Gasteiger partial charge in [-0.2, -0.15) is 8.78 Å². The third kappa shape index (κ3) is 5.60. The van der Waals surface area contributed by atoms with E-state index in [1.165, 1.54) is 12.1 Å². The van der Waals surface area contributed by atoms with Gasteiger partial charge in [0.25, 0.3) is 5.91 Å². The second kappa shape index (κ2) is 10.7. The third-order valence-electron chi connectivity index (χ3n) is 5.75. The van der Waals surface area contributed by atoms with Gasteiger partial charge < -0.3 is 19.9 Å². The number of nitrogens with zero attached hydrogens (tertiary/aromatic N) is 5. The zero-order valence-corrected chi connectivity index (χ0v) is 20.6. The Hall–Kier alpha value is -4.05. The van der Waals surface area contributed by atoms with Crippen LogP contribution >= 0.6 is 0 Å². The van der Waals surface area contributed by atoms with Gasteiger partial charge in [-0.1, -0.05) is 0 Å². The first-order valence-electron chi connectivity index (χ1n) is 11.4. The van der Waals surface area contributed by atoms with Crippen molar-refractivity contribution in [2.45, 2.75) is 13.5 Å². The van der Waals surface area contributed by atoms with Gasteiger partial charge in [0.2, 0.25) is 0 Å². The van der Waals surface area contributed by atoms with Gasteiger partial charge in [0.15, 0.2) is 11.5 Å². The van der Waals surface area contributed by atoms with Crippen LogP contribution in [0.1, 0.15) is 15.9 Å². The van der Waals surface area contributed by atoms with Crippen molar-refractivity contribution in [2.75, 3.05) is 39.5 Å². The zero-order chi connectivity index (χ0) is 25.8. The highest BCUT2D eigenvalue weighted by atomic mass is 19.3. The Balaban J connectivity index is 1.54. The van der Waals surface area contributed by atoms with Gasteiger partial charge in [0.05, 0.1) is 11.9 Å². The summed E-state index contributed by atoms with van der Waals surface area (Å²) in [6.45, 7) is 0.463. The molecule has 188 valence electrons. The quantitative estimate of drug-likeness (QED) is 0.364. The number of carbonyl (C=O) groups excluding carboxylic acids is 1. The number of amides is 1. The first-order chi connectivity index (χ1) is 17.2. The summed E-state index contributed by atoms with van der Waals surface area (Å²) < 4.78 is 31.2. The van der Waals surface area contributed by atoms with E-state index in [2.05, 4.69) is 20.0 Å². The Morgan fingerprint density at radius 1 is 1.08 bits per heavy atom. The third-order valence-corrected chi connectivity index (χ3v) is 5.75. The SMILES string of the molecule is Cc1cc(Nc2nccn3c(-c4ccc(OC(F)F)cc4)cnc23)ccc1C(=O)N(C)CCN(C)C. The van der Waals surface area contributed by atoms with Crippen LogP contribution in [0.4, 0.5) is 20.3 Å². The van der Waals surface area contributed by atoms with Crippen LogP contribution in [0.3, 0.4) is 0 Å². The molecule has 0 saturated carbocycles. The van der Waals surface area contributed by atoms with Gasteiger partial charge in [-0.15, -0.1) is 0 Å². The van der Waals surface area contributed by atoms with E-state index in [1.54, 1.807) is 42.7 Å². The fourth-order valence-electron chi connectivity index (χ4n) is 3.80. The lowest BCUT2D eigenvalue weighted by atomic mass is 10.1. The standard InChI is InChI=1S/C26H28F2N6O2/c1-17-15-19(7-10-21(17)25(35)33(4)14-13-32(2)3)31-23-24-30-16-22(34(24)12-11-29-23)18-5-8-20(9-6-18)36-26(27)28/h5-12,15-16,26H,13-14H2,1-4H3,(H,29,31). The second-order valence-corrected chi connectivity index (χ2v) is 8.70. The molecule has 0 spiro atoms. The Labute approximate surface area is 208 Å². The first-order valence-corrected chi connectivity index (χ1v) is 11.4. The molecule has 0 bridgehead atoms. The molecule has 8 nitrogen and oxygen atoms in total. The molecule has 1 amide bonds. The largest absolute Gasteiger partial charge is 0.435 e. The summed E-state index contributed by atoms with van der Waals surface area (Å²) in [5.74, 6) is 0.611. The van der Waals surface area contributed by atoms with Crippen molar-refractivity contribution < 1.29 is 18.3 Å². The second-order valence-electron chi connectivity index (χ2n) is 8.70. The van der Waals surface area contributed by atoms with E-state index in [1.807, 2.05) is 48.5 Å². The molecule has 0 unspecified atom stereocenters.